The minimum absolute atomic E-state index is 0.118. The second-order valence-electron chi connectivity index (χ2n) is 4.03. The zero-order chi connectivity index (χ0) is 11.5. The Balaban J connectivity index is 2.11. The maximum absolute atomic E-state index is 12.0. The topological polar surface area (TPSA) is 29.1 Å². The zero-order valence-electron chi connectivity index (χ0n) is 8.80. The molecule has 2 nitrogen and oxygen atoms in total. The zero-order valence-corrected chi connectivity index (χ0v) is 10.3. The summed E-state index contributed by atoms with van der Waals surface area (Å²) in [6, 6.07) is 5.32. The number of carbonyl (C=O) groups excluding carboxylic acids is 1. The van der Waals surface area contributed by atoms with Crippen molar-refractivity contribution in [1.29, 1.82) is 0 Å². The number of ketones is 1. The molecule has 1 heterocycles. The third kappa shape index (κ3) is 2.57. The van der Waals surface area contributed by atoms with Crippen LogP contribution in [0.15, 0.2) is 18.2 Å². The minimum atomic E-state index is 0.118. The van der Waals surface area contributed by atoms with Crippen LogP contribution in [0.25, 0.3) is 0 Å². The Bertz CT molecular complexity index is 380. The molecule has 4 heteroatoms. The van der Waals surface area contributed by atoms with Gasteiger partial charge in [0.05, 0.1) is 0 Å². The van der Waals surface area contributed by atoms with Crippen molar-refractivity contribution in [3.63, 3.8) is 0 Å². The van der Waals surface area contributed by atoms with E-state index >= 15 is 0 Å². The number of halogens is 2. The number of rotatable bonds is 3. The molecule has 1 aromatic rings. The first-order valence-electron chi connectivity index (χ1n) is 5.35. The molecule has 0 aliphatic carbocycles. The van der Waals surface area contributed by atoms with Crippen molar-refractivity contribution in [2.45, 2.75) is 12.8 Å². The van der Waals surface area contributed by atoms with E-state index in [0.717, 1.165) is 25.1 Å². The van der Waals surface area contributed by atoms with Crippen molar-refractivity contribution in [1.82, 2.24) is 5.32 Å². The second-order valence-corrected chi connectivity index (χ2v) is 4.85. The molecular weight excluding hydrogens is 245 g/mol. The summed E-state index contributed by atoms with van der Waals surface area (Å²) in [4.78, 5) is 12.0. The summed E-state index contributed by atoms with van der Waals surface area (Å²) in [5.74, 6) is 0.340. The van der Waals surface area contributed by atoms with Crippen LogP contribution >= 0.6 is 23.2 Å². The third-order valence-corrected chi connectivity index (χ3v) is 3.64. The van der Waals surface area contributed by atoms with E-state index in [2.05, 4.69) is 5.32 Å². The first kappa shape index (κ1) is 11.9. The molecular formula is C12H13Cl2NO. The summed E-state index contributed by atoms with van der Waals surface area (Å²) in [5.41, 5.74) is 0.753. The monoisotopic (exact) mass is 257 g/mol. The van der Waals surface area contributed by atoms with E-state index in [9.17, 15) is 4.79 Å². The van der Waals surface area contributed by atoms with E-state index in [-0.39, 0.29) is 11.7 Å². The fourth-order valence-corrected chi connectivity index (χ4v) is 2.48. The average molecular weight is 258 g/mol. The molecule has 1 fully saturated rings. The average Bonchev–Trinajstić information content (AvgIpc) is 2.76. The molecule has 0 aromatic heterocycles. The van der Waals surface area contributed by atoms with Gasteiger partial charge in [-0.15, -0.1) is 0 Å². The predicted octanol–water partition coefficient (Wildman–Crippen LogP) is 2.71. The first-order valence-corrected chi connectivity index (χ1v) is 6.10. The largest absolute Gasteiger partial charge is 0.316 e. The van der Waals surface area contributed by atoms with Gasteiger partial charge in [-0.25, -0.2) is 0 Å². The van der Waals surface area contributed by atoms with Crippen molar-refractivity contribution >= 4 is 29.0 Å². The molecule has 0 radical (unpaired) electrons. The molecule has 1 atom stereocenters. The van der Waals surface area contributed by atoms with Crippen LogP contribution in [0.3, 0.4) is 0 Å². The van der Waals surface area contributed by atoms with Crippen LogP contribution in [-0.2, 0) is 11.2 Å². The standard InChI is InChI=1S/C12H13Cl2NO/c13-10-2-1-3-11(14)9(10)6-12(16)8-4-5-15-7-8/h1-3,8,15H,4-7H2. The summed E-state index contributed by atoms with van der Waals surface area (Å²) in [7, 11) is 0. The Hall–Kier alpha value is -0.570. The van der Waals surface area contributed by atoms with Crippen molar-refractivity contribution in [3.8, 4) is 0 Å². The molecule has 86 valence electrons. The highest BCUT2D eigenvalue weighted by Crippen LogP contribution is 2.26. The van der Waals surface area contributed by atoms with Gasteiger partial charge in [0.1, 0.15) is 5.78 Å². The maximum Gasteiger partial charge on any atom is 0.141 e. The molecule has 0 spiro atoms. The van der Waals surface area contributed by atoms with Gasteiger partial charge < -0.3 is 5.32 Å². The van der Waals surface area contributed by atoms with Crippen LogP contribution in [0.4, 0.5) is 0 Å². The van der Waals surface area contributed by atoms with Crippen molar-refractivity contribution in [2.24, 2.45) is 5.92 Å². The Morgan fingerprint density at radius 3 is 2.62 bits per heavy atom. The molecule has 16 heavy (non-hydrogen) atoms. The van der Waals surface area contributed by atoms with Gasteiger partial charge in [-0.2, -0.15) is 0 Å². The van der Waals surface area contributed by atoms with E-state index in [4.69, 9.17) is 23.2 Å². The third-order valence-electron chi connectivity index (χ3n) is 2.93. The van der Waals surface area contributed by atoms with Crippen LogP contribution in [0.2, 0.25) is 10.0 Å². The normalized spacial score (nSPS) is 20.0. The molecule has 0 amide bonds. The van der Waals surface area contributed by atoms with Gasteiger partial charge in [0, 0.05) is 28.9 Å². The van der Waals surface area contributed by atoms with Crippen LogP contribution in [0.5, 0.6) is 0 Å². The lowest BCUT2D eigenvalue weighted by atomic mass is 9.97. The van der Waals surface area contributed by atoms with Crippen molar-refractivity contribution in [3.05, 3.63) is 33.8 Å². The lowest BCUT2D eigenvalue weighted by Crippen LogP contribution is -2.19. The molecule has 1 aliphatic rings. The second kappa shape index (κ2) is 5.17. The van der Waals surface area contributed by atoms with E-state index in [1.54, 1.807) is 18.2 Å². The van der Waals surface area contributed by atoms with E-state index < -0.39 is 0 Å². The van der Waals surface area contributed by atoms with Crippen LogP contribution < -0.4 is 5.32 Å². The lowest BCUT2D eigenvalue weighted by molar-refractivity contribution is -0.121. The summed E-state index contributed by atoms with van der Waals surface area (Å²) in [6.45, 7) is 1.70. The molecule has 1 saturated heterocycles. The van der Waals surface area contributed by atoms with Crippen molar-refractivity contribution < 1.29 is 4.79 Å². The quantitative estimate of drug-likeness (QED) is 0.903. The Kier molecular flexibility index (Phi) is 3.85. The van der Waals surface area contributed by atoms with E-state index in [1.165, 1.54) is 0 Å². The highest BCUT2D eigenvalue weighted by molar-refractivity contribution is 6.36. The molecule has 1 aliphatic heterocycles. The van der Waals surface area contributed by atoms with E-state index in [1.807, 2.05) is 0 Å². The van der Waals surface area contributed by atoms with Crippen LogP contribution in [0, 0.1) is 5.92 Å². The van der Waals surface area contributed by atoms with Crippen LogP contribution in [0.1, 0.15) is 12.0 Å². The summed E-state index contributed by atoms with van der Waals surface area (Å²) < 4.78 is 0. The highest BCUT2D eigenvalue weighted by atomic mass is 35.5. The minimum Gasteiger partial charge on any atom is -0.316 e. The Morgan fingerprint density at radius 1 is 1.38 bits per heavy atom. The first-order chi connectivity index (χ1) is 7.68. The molecule has 1 unspecified atom stereocenters. The van der Waals surface area contributed by atoms with Gasteiger partial charge in [-0.3, -0.25) is 4.79 Å². The van der Waals surface area contributed by atoms with Gasteiger partial charge in [0.15, 0.2) is 0 Å². The number of benzene rings is 1. The molecule has 2 rings (SSSR count). The summed E-state index contributed by atoms with van der Waals surface area (Å²) in [5, 5.41) is 4.33. The number of Topliss-reactive ketones (excluding diaryl/α,β-unsaturated/α-hetero) is 1. The molecule has 0 bridgehead atoms. The van der Waals surface area contributed by atoms with Gasteiger partial charge in [0.25, 0.3) is 0 Å². The number of hydrogen-bond donors (Lipinski definition) is 1. The SMILES string of the molecule is O=C(Cc1c(Cl)cccc1Cl)C1CCNC1. The number of hydrogen-bond acceptors (Lipinski definition) is 2. The van der Waals surface area contributed by atoms with Gasteiger partial charge in [-0.1, -0.05) is 29.3 Å². The smallest absolute Gasteiger partial charge is 0.141 e. The van der Waals surface area contributed by atoms with Gasteiger partial charge in [0.2, 0.25) is 0 Å². The van der Waals surface area contributed by atoms with Crippen molar-refractivity contribution in [2.75, 3.05) is 13.1 Å². The number of carbonyl (C=O) groups is 1. The maximum atomic E-state index is 12.0. The fraction of sp³-hybridized carbons (Fsp3) is 0.417. The van der Waals surface area contributed by atoms with Crippen LogP contribution in [-0.4, -0.2) is 18.9 Å². The summed E-state index contributed by atoms with van der Waals surface area (Å²) >= 11 is 12.1. The Labute approximate surface area is 105 Å². The predicted molar refractivity (Wildman–Crippen MR) is 66.1 cm³/mol. The fourth-order valence-electron chi connectivity index (χ4n) is 1.95. The van der Waals surface area contributed by atoms with Gasteiger partial charge >= 0.3 is 0 Å². The van der Waals surface area contributed by atoms with Gasteiger partial charge in [-0.05, 0) is 30.7 Å². The highest BCUT2D eigenvalue weighted by Gasteiger charge is 2.23. The lowest BCUT2D eigenvalue weighted by Gasteiger charge is -2.09. The molecule has 0 saturated carbocycles. The Morgan fingerprint density at radius 2 is 2.06 bits per heavy atom. The molecule has 1 N–H and O–H groups in total. The van der Waals surface area contributed by atoms with E-state index in [0.29, 0.717) is 16.5 Å². The number of nitrogens with one attached hydrogen (secondary N) is 1. The summed E-state index contributed by atoms with van der Waals surface area (Å²) in [6.07, 6.45) is 1.26. The molecule has 1 aromatic carbocycles.